The number of aromatic hydroxyl groups is 2. The molecule has 2 rings (SSSR count). The van der Waals surface area contributed by atoms with E-state index in [0.29, 0.717) is 24.8 Å². The fraction of sp³-hybridized carbons (Fsp3) is 0.667. The van der Waals surface area contributed by atoms with Crippen molar-refractivity contribution in [3.05, 3.63) is 23.3 Å². The van der Waals surface area contributed by atoms with Gasteiger partial charge in [-0.15, -0.1) is 0 Å². The molecule has 1 aliphatic carbocycles. The van der Waals surface area contributed by atoms with E-state index < -0.39 is 22.8 Å². The Morgan fingerprint density at radius 1 is 0.933 bits per heavy atom. The maximum atomic E-state index is 11.2. The SMILES string of the molecule is CC(C)(CCCCCCc1cc(O)c(O)c(CCCCC2(C(=O)O)CC2)c1)C(=O)O. The second-order valence-corrected chi connectivity index (χ2v) is 9.52. The Hall–Kier alpha value is -2.24. The van der Waals surface area contributed by atoms with E-state index in [1.165, 1.54) is 0 Å². The number of phenols is 2. The van der Waals surface area contributed by atoms with E-state index in [-0.39, 0.29) is 11.5 Å². The van der Waals surface area contributed by atoms with Crippen LogP contribution in [0.2, 0.25) is 0 Å². The highest BCUT2D eigenvalue weighted by Crippen LogP contribution is 2.50. The average molecular weight is 421 g/mol. The van der Waals surface area contributed by atoms with Crippen molar-refractivity contribution in [2.24, 2.45) is 10.8 Å². The normalized spacial score (nSPS) is 15.1. The van der Waals surface area contributed by atoms with Gasteiger partial charge in [0, 0.05) is 0 Å². The third kappa shape index (κ3) is 6.64. The summed E-state index contributed by atoms with van der Waals surface area (Å²) in [4.78, 5) is 22.4. The van der Waals surface area contributed by atoms with Crippen molar-refractivity contribution in [3.8, 4) is 11.5 Å². The van der Waals surface area contributed by atoms with Crippen LogP contribution in [0.15, 0.2) is 12.1 Å². The van der Waals surface area contributed by atoms with Gasteiger partial charge in [-0.3, -0.25) is 9.59 Å². The Labute approximate surface area is 178 Å². The second-order valence-electron chi connectivity index (χ2n) is 9.52. The van der Waals surface area contributed by atoms with Crippen molar-refractivity contribution in [1.29, 1.82) is 0 Å². The number of phenolic OH excluding ortho intramolecular Hbond substituents is 2. The van der Waals surface area contributed by atoms with Crippen molar-refractivity contribution >= 4 is 11.9 Å². The molecule has 0 unspecified atom stereocenters. The second kappa shape index (κ2) is 10.2. The Kier molecular flexibility index (Phi) is 8.16. The van der Waals surface area contributed by atoms with Crippen LogP contribution >= 0.6 is 0 Å². The van der Waals surface area contributed by atoms with Gasteiger partial charge in [-0.1, -0.05) is 31.7 Å². The maximum Gasteiger partial charge on any atom is 0.309 e. The lowest BCUT2D eigenvalue weighted by Gasteiger charge is -2.18. The van der Waals surface area contributed by atoms with Crippen LogP contribution < -0.4 is 0 Å². The molecule has 6 nitrogen and oxygen atoms in total. The van der Waals surface area contributed by atoms with Crippen molar-refractivity contribution < 1.29 is 30.0 Å². The van der Waals surface area contributed by atoms with Gasteiger partial charge in [0.05, 0.1) is 10.8 Å². The molecule has 0 saturated heterocycles. The minimum Gasteiger partial charge on any atom is -0.504 e. The van der Waals surface area contributed by atoms with Gasteiger partial charge < -0.3 is 20.4 Å². The van der Waals surface area contributed by atoms with E-state index in [1.807, 2.05) is 6.07 Å². The summed E-state index contributed by atoms with van der Waals surface area (Å²) >= 11 is 0. The van der Waals surface area contributed by atoms with Crippen molar-refractivity contribution in [3.63, 3.8) is 0 Å². The molecule has 0 spiro atoms. The van der Waals surface area contributed by atoms with Crippen LogP contribution in [0.3, 0.4) is 0 Å². The molecule has 0 bridgehead atoms. The van der Waals surface area contributed by atoms with Crippen LogP contribution in [0.25, 0.3) is 0 Å². The van der Waals surface area contributed by atoms with Crippen molar-refractivity contribution in [2.75, 3.05) is 0 Å². The number of rotatable bonds is 14. The number of hydrogen-bond donors (Lipinski definition) is 4. The average Bonchev–Trinajstić information content (AvgIpc) is 3.46. The van der Waals surface area contributed by atoms with Crippen LogP contribution in [0, 0.1) is 10.8 Å². The summed E-state index contributed by atoms with van der Waals surface area (Å²) in [7, 11) is 0. The molecule has 0 amide bonds. The first kappa shape index (κ1) is 24.0. The number of aryl methyl sites for hydroxylation is 2. The summed E-state index contributed by atoms with van der Waals surface area (Å²) in [5.74, 6) is -1.63. The first-order chi connectivity index (χ1) is 14.1. The van der Waals surface area contributed by atoms with Crippen LogP contribution in [0.5, 0.6) is 11.5 Å². The molecule has 0 heterocycles. The van der Waals surface area contributed by atoms with Crippen LogP contribution in [0.4, 0.5) is 0 Å². The number of carbonyl (C=O) groups is 2. The molecular formula is C24H36O6. The van der Waals surface area contributed by atoms with Crippen molar-refractivity contribution in [2.45, 2.75) is 90.9 Å². The quantitative estimate of drug-likeness (QED) is 0.240. The first-order valence-corrected chi connectivity index (χ1v) is 11.1. The lowest BCUT2D eigenvalue weighted by atomic mass is 9.87. The number of benzene rings is 1. The number of aliphatic carboxylic acids is 2. The first-order valence-electron chi connectivity index (χ1n) is 11.1. The van der Waals surface area contributed by atoms with E-state index in [1.54, 1.807) is 19.9 Å². The molecule has 1 aromatic rings. The van der Waals surface area contributed by atoms with Gasteiger partial charge in [-0.05, 0) is 82.4 Å². The summed E-state index contributed by atoms with van der Waals surface area (Å²) in [6.07, 6.45) is 9.63. The lowest BCUT2D eigenvalue weighted by molar-refractivity contribution is -0.147. The van der Waals surface area contributed by atoms with Gasteiger partial charge in [-0.2, -0.15) is 0 Å². The van der Waals surface area contributed by atoms with E-state index >= 15 is 0 Å². The zero-order chi connectivity index (χ0) is 22.4. The molecule has 1 fully saturated rings. The van der Waals surface area contributed by atoms with Gasteiger partial charge in [0.25, 0.3) is 0 Å². The molecule has 168 valence electrons. The zero-order valence-corrected chi connectivity index (χ0v) is 18.2. The molecule has 4 N–H and O–H groups in total. The van der Waals surface area contributed by atoms with Gasteiger partial charge in [0.2, 0.25) is 0 Å². The Morgan fingerprint density at radius 3 is 2.17 bits per heavy atom. The minimum absolute atomic E-state index is 0.0750. The smallest absolute Gasteiger partial charge is 0.309 e. The number of hydrogen-bond acceptors (Lipinski definition) is 4. The highest BCUT2D eigenvalue weighted by molar-refractivity contribution is 5.77. The number of carboxylic acid groups (broad SMARTS) is 2. The monoisotopic (exact) mass is 420 g/mol. The Morgan fingerprint density at radius 2 is 1.57 bits per heavy atom. The molecule has 6 heteroatoms. The number of unbranched alkanes of at least 4 members (excludes halogenated alkanes) is 4. The highest BCUT2D eigenvalue weighted by atomic mass is 16.4. The maximum absolute atomic E-state index is 11.2. The summed E-state index contributed by atoms with van der Waals surface area (Å²) < 4.78 is 0. The summed E-state index contributed by atoms with van der Waals surface area (Å²) in [5.41, 5.74) is 0.510. The third-order valence-electron chi connectivity index (χ3n) is 6.48. The molecule has 1 aromatic carbocycles. The Bertz CT molecular complexity index is 748. The summed E-state index contributed by atoms with van der Waals surface area (Å²) in [5, 5.41) is 38.6. The van der Waals surface area contributed by atoms with E-state index in [0.717, 1.165) is 63.4 Å². The zero-order valence-electron chi connectivity index (χ0n) is 18.2. The fourth-order valence-corrected chi connectivity index (χ4v) is 3.93. The van der Waals surface area contributed by atoms with E-state index in [9.17, 15) is 24.9 Å². The third-order valence-corrected chi connectivity index (χ3v) is 6.48. The predicted molar refractivity (Wildman–Crippen MR) is 115 cm³/mol. The molecule has 1 aliphatic rings. The number of carboxylic acids is 2. The standard InChI is InChI=1S/C24H36O6/c1-23(2,21(27)28)11-7-4-3-5-9-17-15-18(20(26)19(25)16-17)10-6-8-12-24(13-14-24)22(29)30/h15-16,25-26H,3-14H2,1-2H3,(H,27,28)(H,29,30). The van der Waals surface area contributed by atoms with Gasteiger partial charge in [-0.25, -0.2) is 0 Å². The summed E-state index contributed by atoms with van der Waals surface area (Å²) in [6, 6.07) is 3.54. The Balaban J connectivity index is 1.74. The molecule has 0 aromatic heterocycles. The topological polar surface area (TPSA) is 115 Å². The fourth-order valence-electron chi connectivity index (χ4n) is 3.93. The van der Waals surface area contributed by atoms with Gasteiger partial charge >= 0.3 is 11.9 Å². The van der Waals surface area contributed by atoms with E-state index in [4.69, 9.17) is 5.11 Å². The highest BCUT2D eigenvalue weighted by Gasteiger charge is 2.49. The van der Waals surface area contributed by atoms with Crippen molar-refractivity contribution in [1.82, 2.24) is 0 Å². The largest absolute Gasteiger partial charge is 0.504 e. The van der Waals surface area contributed by atoms with Crippen LogP contribution in [0.1, 0.15) is 89.2 Å². The molecule has 0 aliphatic heterocycles. The predicted octanol–water partition coefficient (Wildman–Crippen LogP) is 5.28. The van der Waals surface area contributed by atoms with Gasteiger partial charge in [0.15, 0.2) is 11.5 Å². The molecule has 1 saturated carbocycles. The molecule has 0 atom stereocenters. The molecule has 0 radical (unpaired) electrons. The lowest BCUT2D eigenvalue weighted by Crippen LogP contribution is -2.23. The van der Waals surface area contributed by atoms with Crippen LogP contribution in [-0.4, -0.2) is 32.4 Å². The summed E-state index contributed by atoms with van der Waals surface area (Å²) in [6.45, 7) is 3.50. The van der Waals surface area contributed by atoms with E-state index in [2.05, 4.69) is 0 Å². The minimum atomic E-state index is -0.759. The van der Waals surface area contributed by atoms with Crippen LogP contribution in [-0.2, 0) is 22.4 Å². The molecular weight excluding hydrogens is 384 g/mol. The molecule has 30 heavy (non-hydrogen) atoms. The van der Waals surface area contributed by atoms with Gasteiger partial charge in [0.1, 0.15) is 0 Å².